The number of thiazole rings is 2. The number of rotatable bonds is 11. The number of aryl methyl sites for hydroxylation is 1. The number of nitrogens with zero attached hydrogens (tertiary/aromatic N) is 4. The van der Waals surface area contributed by atoms with Crippen molar-refractivity contribution in [2.75, 3.05) is 31.7 Å². The van der Waals surface area contributed by atoms with Crippen LogP contribution in [0, 0.1) is 12.3 Å². The molecule has 1 saturated heterocycles. The van der Waals surface area contributed by atoms with E-state index in [0.717, 1.165) is 21.9 Å². The minimum absolute atomic E-state index is 0.00511. The van der Waals surface area contributed by atoms with Gasteiger partial charge in [0.05, 0.1) is 16.6 Å². The van der Waals surface area contributed by atoms with Crippen molar-refractivity contribution in [2.45, 2.75) is 39.1 Å². The van der Waals surface area contributed by atoms with Gasteiger partial charge in [-0.25, -0.2) is 14.8 Å². The number of aromatic nitrogens is 2. The van der Waals surface area contributed by atoms with Gasteiger partial charge in [-0.15, -0.1) is 34.4 Å². The molecule has 0 aliphatic carbocycles. The Hall–Kier alpha value is -3.80. The number of anilines is 1. The summed E-state index contributed by atoms with van der Waals surface area (Å²) in [5.74, 6) is -2.33. The number of allylic oxidation sites excluding steroid dienone is 1. The summed E-state index contributed by atoms with van der Waals surface area (Å²) in [7, 11) is 1.27. The predicted molar refractivity (Wildman–Crippen MR) is 161 cm³/mol. The molecule has 2 aliphatic heterocycles. The quantitative estimate of drug-likeness (QED) is 0.106. The first-order valence-electron chi connectivity index (χ1n) is 12.8. The Balaban J connectivity index is 1.54. The lowest BCUT2D eigenvalue weighted by Crippen LogP contribution is -2.71. The number of carbonyl (C=O) groups excluding carboxylic acids is 4. The molecule has 0 spiro atoms. The van der Waals surface area contributed by atoms with Crippen molar-refractivity contribution in [1.29, 1.82) is 0 Å². The van der Waals surface area contributed by atoms with E-state index in [1.807, 2.05) is 6.92 Å². The van der Waals surface area contributed by atoms with Crippen LogP contribution in [0.15, 0.2) is 33.4 Å². The van der Waals surface area contributed by atoms with Crippen LogP contribution in [0.3, 0.4) is 0 Å². The Kier molecular flexibility index (Phi) is 10.2. The average molecular weight is 651 g/mol. The standard InChI is InChI=1S/C26H30N6O8S3/c1-13-16(43-11-28-13)7-6-14-8-41-22-18(30-20(34)17(31-38-5)15-9-42-25(29-15)27-10-33)21(35)32(22)19(14)23(36)39-12-40-24(37)26(2,3)4/h6-7,9,11,18,22,33H,8,10,12H2,1-5H3,(H,27,29)(H,30,34)/b7-6-,31-17-/t18-,22-/m1/s1. The zero-order valence-electron chi connectivity index (χ0n) is 23.9. The van der Waals surface area contributed by atoms with E-state index in [-0.39, 0.29) is 23.8 Å². The van der Waals surface area contributed by atoms with Crippen molar-refractivity contribution in [1.82, 2.24) is 20.2 Å². The third kappa shape index (κ3) is 7.23. The van der Waals surface area contributed by atoms with Gasteiger partial charge >= 0.3 is 11.9 Å². The van der Waals surface area contributed by atoms with Crippen molar-refractivity contribution in [3.63, 3.8) is 0 Å². The summed E-state index contributed by atoms with van der Waals surface area (Å²) in [5.41, 5.74) is 2.25. The summed E-state index contributed by atoms with van der Waals surface area (Å²) in [6.45, 7) is 5.89. The fourth-order valence-electron chi connectivity index (χ4n) is 3.87. The number of esters is 2. The van der Waals surface area contributed by atoms with Crippen LogP contribution in [-0.2, 0) is 33.5 Å². The normalized spacial score (nSPS) is 18.7. The molecule has 0 aromatic carbocycles. The minimum atomic E-state index is -0.982. The van der Waals surface area contributed by atoms with Crippen LogP contribution in [0.5, 0.6) is 0 Å². The lowest BCUT2D eigenvalue weighted by molar-refractivity contribution is -0.173. The number of aliphatic hydroxyl groups excluding tert-OH is 1. The second kappa shape index (κ2) is 13.7. The first kappa shape index (κ1) is 32.1. The van der Waals surface area contributed by atoms with Crippen molar-refractivity contribution >= 4 is 75.1 Å². The Labute approximate surface area is 259 Å². The molecule has 43 heavy (non-hydrogen) atoms. The molecular weight excluding hydrogens is 621 g/mol. The predicted octanol–water partition coefficient (Wildman–Crippen LogP) is 2.08. The number of ether oxygens (including phenoxy) is 2. The lowest BCUT2D eigenvalue weighted by atomic mass is 9.98. The van der Waals surface area contributed by atoms with Gasteiger partial charge in [0, 0.05) is 16.0 Å². The molecule has 2 aromatic rings. The largest absolute Gasteiger partial charge is 0.427 e. The van der Waals surface area contributed by atoms with Gasteiger partial charge in [0.2, 0.25) is 6.79 Å². The van der Waals surface area contributed by atoms with Crippen LogP contribution in [0.4, 0.5) is 5.13 Å². The van der Waals surface area contributed by atoms with Gasteiger partial charge in [-0.3, -0.25) is 19.3 Å². The average Bonchev–Trinajstić information content (AvgIpc) is 3.60. The van der Waals surface area contributed by atoms with Crippen LogP contribution >= 0.6 is 34.4 Å². The first-order valence-corrected chi connectivity index (χ1v) is 15.6. The molecule has 0 bridgehead atoms. The molecule has 0 radical (unpaired) electrons. The number of β-lactam (4-membered cyclic amide) rings is 1. The number of hydrogen-bond donors (Lipinski definition) is 3. The lowest BCUT2D eigenvalue weighted by Gasteiger charge is -2.49. The van der Waals surface area contributed by atoms with Gasteiger partial charge in [-0.1, -0.05) is 11.2 Å². The maximum atomic E-state index is 13.4. The fourth-order valence-corrected chi connectivity index (χ4v) is 6.56. The molecule has 3 N–H and O–H groups in total. The molecule has 17 heteroatoms. The number of oxime groups is 1. The van der Waals surface area contributed by atoms with Crippen LogP contribution in [0.25, 0.3) is 6.08 Å². The SMILES string of the molecule is CO/N=C(\C(=O)N[C@@H]1C(=O)N2C(C(=O)OCOC(=O)C(C)(C)C)=C(/C=C\c3scnc3C)CS[C@H]12)c1csc(NCO)n1. The molecule has 230 valence electrons. The first-order chi connectivity index (χ1) is 20.5. The molecule has 2 atom stereocenters. The van der Waals surface area contributed by atoms with Gasteiger partial charge in [-0.05, 0) is 39.3 Å². The number of nitrogens with one attached hydrogen (secondary N) is 2. The van der Waals surface area contributed by atoms with E-state index in [1.54, 1.807) is 43.8 Å². The van der Waals surface area contributed by atoms with Crippen LogP contribution in [0.2, 0.25) is 0 Å². The molecule has 4 heterocycles. The van der Waals surface area contributed by atoms with Crippen molar-refractivity contribution in [3.05, 3.63) is 44.5 Å². The molecule has 1 fully saturated rings. The molecule has 0 unspecified atom stereocenters. The molecule has 2 amide bonds. The number of hydrogen-bond acceptors (Lipinski definition) is 15. The monoisotopic (exact) mass is 650 g/mol. The topological polar surface area (TPSA) is 182 Å². The summed E-state index contributed by atoms with van der Waals surface area (Å²) in [6, 6.07) is -0.982. The van der Waals surface area contributed by atoms with Gasteiger partial charge in [0.1, 0.15) is 36.6 Å². The number of thioether (sulfide) groups is 1. The Bertz CT molecular complexity index is 1490. The number of fused-ring (bicyclic) bond motifs is 1. The highest BCUT2D eigenvalue weighted by molar-refractivity contribution is 8.00. The van der Waals surface area contributed by atoms with Crippen LogP contribution in [0.1, 0.15) is 37.0 Å². The third-order valence-corrected chi connectivity index (χ3v) is 9.06. The highest BCUT2D eigenvalue weighted by Gasteiger charge is 2.54. The van der Waals surface area contributed by atoms with Crippen molar-refractivity contribution in [2.24, 2.45) is 10.6 Å². The van der Waals surface area contributed by atoms with E-state index in [9.17, 15) is 19.2 Å². The van der Waals surface area contributed by atoms with Crippen LogP contribution in [-0.4, -0.2) is 87.2 Å². The number of amides is 2. The molecule has 4 rings (SSSR count). The Morgan fingerprint density at radius 3 is 2.65 bits per heavy atom. The molecule has 2 aromatic heterocycles. The fraction of sp³-hybridized carbons (Fsp3) is 0.423. The van der Waals surface area contributed by atoms with Crippen molar-refractivity contribution in [3.8, 4) is 0 Å². The number of aliphatic hydroxyl groups is 1. The van der Waals surface area contributed by atoms with Gasteiger partial charge in [0.25, 0.3) is 11.8 Å². The summed E-state index contributed by atoms with van der Waals surface area (Å²) in [4.78, 5) is 67.4. The van der Waals surface area contributed by atoms with Crippen LogP contribution < -0.4 is 10.6 Å². The Morgan fingerprint density at radius 2 is 2.00 bits per heavy atom. The van der Waals surface area contributed by atoms with E-state index >= 15 is 0 Å². The van der Waals surface area contributed by atoms with Gasteiger partial charge in [0.15, 0.2) is 10.8 Å². The zero-order valence-corrected chi connectivity index (χ0v) is 26.4. The maximum absolute atomic E-state index is 13.4. The van der Waals surface area contributed by atoms with E-state index in [4.69, 9.17) is 19.4 Å². The second-order valence-electron chi connectivity index (χ2n) is 10.1. The van der Waals surface area contributed by atoms with E-state index in [2.05, 4.69) is 25.8 Å². The highest BCUT2D eigenvalue weighted by Crippen LogP contribution is 2.41. The minimum Gasteiger partial charge on any atom is -0.427 e. The Morgan fingerprint density at radius 1 is 1.23 bits per heavy atom. The van der Waals surface area contributed by atoms with E-state index in [1.165, 1.54) is 35.1 Å². The van der Waals surface area contributed by atoms with Crippen molar-refractivity contribution < 1.29 is 38.6 Å². The summed E-state index contributed by atoms with van der Waals surface area (Å²) in [5, 5.41) is 19.4. The maximum Gasteiger partial charge on any atom is 0.358 e. The summed E-state index contributed by atoms with van der Waals surface area (Å²) >= 11 is 3.93. The molecular formula is C26H30N6O8S3. The van der Waals surface area contributed by atoms with Gasteiger partial charge in [-0.2, -0.15) is 0 Å². The molecule has 14 nitrogen and oxygen atoms in total. The van der Waals surface area contributed by atoms with Gasteiger partial charge < -0.3 is 30.1 Å². The smallest absolute Gasteiger partial charge is 0.358 e. The highest BCUT2D eigenvalue weighted by atomic mass is 32.2. The number of carbonyl (C=O) groups is 4. The summed E-state index contributed by atoms with van der Waals surface area (Å²) in [6.07, 6.45) is 3.53. The molecule has 0 saturated carbocycles. The molecule has 2 aliphatic rings. The third-order valence-electron chi connectivity index (χ3n) is 6.06. The second-order valence-corrected chi connectivity index (χ2v) is 12.9. The summed E-state index contributed by atoms with van der Waals surface area (Å²) < 4.78 is 10.3. The van der Waals surface area contributed by atoms with E-state index in [0.29, 0.717) is 16.5 Å². The zero-order chi connectivity index (χ0) is 31.3. The van der Waals surface area contributed by atoms with E-state index < -0.39 is 47.4 Å².